The number of benzene rings is 1. The molecule has 0 aliphatic rings. The fraction of sp³-hybridized carbons (Fsp3) is 0.308. The predicted octanol–water partition coefficient (Wildman–Crippen LogP) is 1.15. The number of aliphatic hydroxyl groups excluding tert-OH is 1. The van der Waals surface area contributed by atoms with Crippen LogP contribution in [0.4, 0.5) is 0 Å². The molecule has 2 N–H and O–H groups in total. The molecule has 98 valence electrons. The Hall–Kier alpha value is -2.01. The van der Waals surface area contributed by atoms with Gasteiger partial charge in [0.25, 0.3) is 0 Å². The first kappa shape index (κ1) is 14.1. The monoisotopic (exact) mass is 251 g/mol. The van der Waals surface area contributed by atoms with Crippen molar-refractivity contribution in [1.82, 2.24) is 4.90 Å². The van der Waals surface area contributed by atoms with Crippen molar-refractivity contribution < 1.29 is 19.7 Å². The lowest BCUT2D eigenvalue weighted by Crippen LogP contribution is -2.05. The molecule has 5 heteroatoms. The maximum atomic E-state index is 11.9. The van der Waals surface area contributed by atoms with Crippen LogP contribution in [0.25, 0.3) is 0 Å². The molecule has 1 rings (SSSR count). The van der Waals surface area contributed by atoms with Gasteiger partial charge in [-0.25, -0.2) is 0 Å². The average molecular weight is 251 g/mol. The molecule has 0 spiro atoms. The summed E-state index contributed by atoms with van der Waals surface area (Å²) in [5, 5.41) is 18.8. The van der Waals surface area contributed by atoms with Gasteiger partial charge < -0.3 is 19.8 Å². The number of hydrogen-bond donors (Lipinski definition) is 2. The lowest BCUT2D eigenvalue weighted by atomic mass is 10.0. The molecule has 0 saturated heterocycles. The van der Waals surface area contributed by atoms with Crippen LogP contribution in [-0.2, 0) is 6.61 Å². The molecule has 0 heterocycles. The van der Waals surface area contributed by atoms with Crippen LogP contribution in [0.15, 0.2) is 24.4 Å². The van der Waals surface area contributed by atoms with E-state index in [1.807, 2.05) is 0 Å². The van der Waals surface area contributed by atoms with Gasteiger partial charge in [0.05, 0.1) is 13.7 Å². The van der Waals surface area contributed by atoms with Crippen LogP contribution in [0.5, 0.6) is 11.5 Å². The number of hydrogen-bond acceptors (Lipinski definition) is 5. The van der Waals surface area contributed by atoms with Gasteiger partial charge in [-0.15, -0.1) is 0 Å². The van der Waals surface area contributed by atoms with Gasteiger partial charge in [0.15, 0.2) is 5.78 Å². The van der Waals surface area contributed by atoms with Gasteiger partial charge in [0.2, 0.25) is 0 Å². The predicted molar refractivity (Wildman–Crippen MR) is 67.7 cm³/mol. The number of methoxy groups -OCH3 is 1. The summed E-state index contributed by atoms with van der Waals surface area (Å²) in [6.07, 6.45) is 2.93. The Morgan fingerprint density at radius 1 is 1.44 bits per heavy atom. The van der Waals surface area contributed by atoms with Gasteiger partial charge in [0, 0.05) is 26.4 Å². The summed E-state index contributed by atoms with van der Waals surface area (Å²) in [5.74, 6) is -0.318. The topological polar surface area (TPSA) is 70.0 Å². The van der Waals surface area contributed by atoms with E-state index >= 15 is 0 Å². The van der Waals surface area contributed by atoms with Crippen molar-refractivity contribution in [2.24, 2.45) is 0 Å². The van der Waals surface area contributed by atoms with Crippen LogP contribution in [0.1, 0.15) is 15.9 Å². The standard InChI is InChI=1S/C13H17NO4/c1-14(2)5-4-10(16)13-11(17)6-9(8-15)7-12(13)18-3/h4-7,15,17H,8H2,1-3H3/b5-4+. The fourth-order valence-corrected chi connectivity index (χ4v) is 1.46. The van der Waals surface area contributed by atoms with Gasteiger partial charge in [0.1, 0.15) is 17.1 Å². The van der Waals surface area contributed by atoms with E-state index in [0.717, 1.165) is 0 Å². The summed E-state index contributed by atoms with van der Waals surface area (Å²) in [6.45, 7) is -0.230. The highest BCUT2D eigenvalue weighted by molar-refractivity contribution is 6.08. The van der Waals surface area contributed by atoms with Crippen LogP contribution in [0, 0.1) is 0 Å². The zero-order valence-corrected chi connectivity index (χ0v) is 10.7. The number of phenols is 1. The number of aromatic hydroxyl groups is 1. The van der Waals surface area contributed by atoms with Crippen molar-refractivity contribution in [2.75, 3.05) is 21.2 Å². The third-order valence-electron chi connectivity index (χ3n) is 2.31. The van der Waals surface area contributed by atoms with Gasteiger partial charge >= 0.3 is 0 Å². The number of aliphatic hydroxyl groups is 1. The number of carbonyl (C=O) groups excluding carboxylic acids is 1. The zero-order chi connectivity index (χ0) is 13.7. The largest absolute Gasteiger partial charge is 0.507 e. The minimum Gasteiger partial charge on any atom is -0.507 e. The molecule has 1 aromatic carbocycles. The Balaban J connectivity index is 3.19. The molecule has 0 bridgehead atoms. The number of phenolic OH excluding ortho intramolecular Hbond substituents is 1. The summed E-state index contributed by atoms with van der Waals surface area (Å²) < 4.78 is 5.06. The molecule has 0 radical (unpaired) electrons. The molecule has 0 aliphatic heterocycles. The Labute approximate surface area is 106 Å². The molecule has 1 aromatic rings. The minimum absolute atomic E-state index is 0.0906. The Morgan fingerprint density at radius 2 is 2.11 bits per heavy atom. The molecular formula is C13H17NO4. The Bertz CT molecular complexity index is 466. The van der Waals surface area contributed by atoms with E-state index in [2.05, 4.69) is 0 Å². The van der Waals surface area contributed by atoms with Gasteiger partial charge in [-0.1, -0.05) is 0 Å². The van der Waals surface area contributed by atoms with Crippen LogP contribution in [0.2, 0.25) is 0 Å². The fourth-order valence-electron chi connectivity index (χ4n) is 1.46. The van der Waals surface area contributed by atoms with Crippen LogP contribution in [0.3, 0.4) is 0 Å². The van der Waals surface area contributed by atoms with Gasteiger partial charge in [-0.05, 0) is 17.7 Å². The maximum absolute atomic E-state index is 11.9. The van der Waals surface area contributed by atoms with Gasteiger partial charge in [-0.3, -0.25) is 4.79 Å². The van der Waals surface area contributed by atoms with Crippen molar-refractivity contribution >= 4 is 5.78 Å². The van der Waals surface area contributed by atoms with Crippen LogP contribution >= 0.6 is 0 Å². The van der Waals surface area contributed by atoms with Crippen molar-refractivity contribution in [3.63, 3.8) is 0 Å². The molecule has 18 heavy (non-hydrogen) atoms. The second kappa shape index (κ2) is 6.07. The lowest BCUT2D eigenvalue weighted by molar-refractivity contribution is 0.104. The highest BCUT2D eigenvalue weighted by Crippen LogP contribution is 2.30. The van der Waals surface area contributed by atoms with E-state index in [9.17, 15) is 9.90 Å². The first-order valence-electron chi connectivity index (χ1n) is 5.39. The smallest absolute Gasteiger partial charge is 0.194 e. The highest BCUT2D eigenvalue weighted by Gasteiger charge is 2.16. The highest BCUT2D eigenvalue weighted by atomic mass is 16.5. The summed E-state index contributed by atoms with van der Waals surface area (Å²) in [4.78, 5) is 13.6. The Morgan fingerprint density at radius 3 is 2.61 bits per heavy atom. The summed E-state index contributed by atoms with van der Waals surface area (Å²) in [6, 6.07) is 2.87. The number of allylic oxidation sites excluding steroid dienone is 1. The molecule has 0 fully saturated rings. The molecule has 0 unspecified atom stereocenters. The van der Waals surface area contributed by atoms with Crippen LogP contribution in [-0.4, -0.2) is 42.1 Å². The van der Waals surface area contributed by atoms with Crippen molar-refractivity contribution in [1.29, 1.82) is 0 Å². The van der Waals surface area contributed by atoms with E-state index in [0.29, 0.717) is 5.56 Å². The molecular weight excluding hydrogens is 234 g/mol. The quantitative estimate of drug-likeness (QED) is 0.607. The SMILES string of the molecule is COc1cc(CO)cc(O)c1C(=O)/C=C/N(C)C. The molecule has 0 amide bonds. The first-order chi connectivity index (χ1) is 8.49. The number of carbonyl (C=O) groups is 1. The second-order valence-electron chi connectivity index (χ2n) is 3.99. The summed E-state index contributed by atoms with van der Waals surface area (Å²) >= 11 is 0. The van der Waals surface area contributed by atoms with E-state index in [4.69, 9.17) is 9.84 Å². The number of ketones is 1. The van der Waals surface area contributed by atoms with E-state index in [1.165, 1.54) is 25.3 Å². The average Bonchev–Trinajstić information content (AvgIpc) is 2.34. The number of ether oxygens (including phenoxy) is 1. The van der Waals surface area contributed by atoms with Crippen LogP contribution < -0.4 is 4.74 Å². The van der Waals surface area contributed by atoms with E-state index in [-0.39, 0.29) is 29.5 Å². The number of nitrogens with zero attached hydrogens (tertiary/aromatic N) is 1. The maximum Gasteiger partial charge on any atom is 0.194 e. The van der Waals surface area contributed by atoms with Crippen molar-refractivity contribution in [3.8, 4) is 11.5 Å². The van der Waals surface area contributed by atoms with E-state index < -0.39 is 0 Å². The first-order valence-corrected chi connectivity index (χ1v) is 5.39. The van der Waals surface area contributed by atoms with Crippen molar-refractivity contribution in [3.05, 3.63) is 35.5 Å². The molecule has 5 nitrogen and oxygen atoms in total. The third kappa shape index (κ3) is 3.24. The lowest BCUT2D eigenvalue weighted by Gasteiger charge is -2.10. The summed E-state index contributed by atoms with van der Waals surface area (Å²) in [7, 11) is 4.98. The third-order valence-corrected chi connectivity index (χ3v) is 2.31. The minimum atomic E-state index is -0.359. The van der Waals surface area contributed by atoms with Gasteiger partial charge in [-0.2, -0.15) is 0 Å². The molecule has 0 aromatic heterocycles. The summed E-state index contributed by atoms with van der Waals surface area (Å²) in [5.41, 5.74) is 0.574. The molecule has 0 saturated carbocycles. The van der Waals surface area contributed by atoms with E-state index in [1.54, 1.807) is 25.2 Å². The normalized spacial score (nSPS) is 10.7. The zero-order valence-electron chi connectivity index (χ0n) is 10.7. The molecule has 0 aliphatic carbocycles. The Kier molecular flexibility index (Phi) is 4.74. The second-order valence-corrected chi connectivity index (χ2v) is 3.99. The molecule has 0 atom stereocenters. The van der Waals surface area contributed by atoms with Crippen molar-refractivity contribution in [2.45, 2.75) is 6.61 Å². The number of rotatable bonds is 5.